The number of hydrogen-bond acceptors (Lipinski definition) is 4. The molecule has 110 valence electrons. The number of azo groups is 1. The number of hydrazone groups is 1. The van der Waals surface area contributed by atoms with Gasteiger partial charge in [-0.05, 0) is 31.2 Å². The van der Waals surface area contributed by atoms with E-state index in [0.29, 0.717) is 22.1 Å². The lowest BCUT2D eigenvalue weighted by atomic mass is 10.2. The molecule has 2 aromatic carbocycles. The van der Waals surface area contributed by atoms with Crippen LogP contribution in [-0.2, 0) is 4.79 Å². The predicted octanol–water partition coefficient (Wildman–Crippen LogP) is 4.22. The Kier molecular flexibility index (Phi) is 3.98. The van der Waals surface area contributed by atoms with Gasteiger partial charge in [0.2, 0.25) is 0 Å². The highest BCUT2D eigenvalue weighted by molar-refractivity contribution is 6.32. The zero-order chi connectivity index (χ0) is 15.5. The van der Waals surface area contributed by atoms with Crippen molar-refractivity contribution in [1.29, 1.82) is 0 Å². The number of carbonyl (C=O) groups is 1. The first-order valence-electron chi connectivity index (χ1n) is 6.76. The van der Waals surface area contributed by atoms with E-state index in [1.807, 2.05) is 42.5 Å². The molecule has 3 rings (SSSR count). The van der Waals surface area contributed by atoms with Crippen molar-refractivity contribution >= 4 is 34.6 Å². The maximum atomic E-state index is 12.4. The molecule has 1 unspecified atom stereocenters. The lowest BCUT2D eigenvalue weighted by Crippen LogP contribution is -2.29. The summed E-state index contributed by atoms with van der Waals surface area (Å²) in [6.07, 6.45) is 0. The van der Waals surface area contributed by atoms with Crippen LogP contribution in [-0.4, -0.2) is 17.7 Å². The molecule has 6 heteroatoms. The summed E-state index contributed by atoms with van der Waals surface area (Å²) in [5, 5.41) is 14.3. The minimum Gasteiger partial charge on any atom is -0.269 e. The zero-order valence-corrected chi connectivity index (χ0v) is 12.6. The fourth-order valence-corrected chi connectivity index (χ4v) is 2.27. The first kappa shape index (κ1) is 14.4. The molecule has 1 atom stereocenters. The summed E-state index contributed by atoms with van der Waals surface area (Å²) >= 11 is 6.03. The molecule has 0 radical (unpaired) electrons. The number of hydrogen-bond donors (Lipinski definition) is 0. The molecule has 0 N–H and O–H groups in total. The Morgan fingerprint density at radius 3 is 2.50 bits per heavy atom. The summed E-state index contributed by atoms with van der Waals surface area (Å²) in [6.45, 7) is 1.76. The van der Waals surface area contributed by atoms with Gasteiger partial charge in [-0.15, -0.1) is 0 Å². The number of para-hydroxylation sites is 1. The van der Waals surface area contributed by atoms with Crippen molar-refractivity contribution < 1.29 is 4.79 Å². The van der Waals surface area contributed by atoms with Crippen LogP contribution in [0.15, 0.2) is 69.9 Å². The minimum atomic E-state index is -0.712. The van der Waals surface area contributed by atoms with E-state index in [-0.39, 0.29) is 5.91 Å². The summed E-state index contributed by atoms with van der Waals surface area (Å²) in [5.74, 6) is -0.223. The van der Waals surface area contributed by atoms with E-state index < -0.39 is 6.04 Å². The highest BCUT2D eigenvalue weighted by Crippen LogP contribution is 2.26. The Bertz CT molecular complexity index is 758. The summed E-state index contributed by atoms with van der Waals surface area (Å²) < 4.78 is 0. The molecule has 5 nitrogen and oxygen atoms in total. The van der Waals surface area contributed by atoms with Crippen molar-refractivity contribution in [3.05, 3.63) is 59.6 Å². The van der Waals surface area contributed by atoms with Crippen molar-refractivity contribution in [2.75, 3.05) is 5.01 Å². The third kappa shape index (κ3) is 2.76. The van der Waals surface area contributed by atoms with Gasteiger partial charge >= 0.3 is 0 Å². The summed E-state index contributed by atoms with van der Waals surface area (Å²) in [6, 6.07) is 15.6. The monoisotopic (exact) mass is 312 g/mol. The zero-order valence-electron chi connectivity index (χ0n) is 11.8. The largest absolute Gasteiger partial charge is 0.280 e. The Labute approximate surface area is 132 Å². The Balaban J connectivity index is 1.83. The van der Waals surface area contributed by atoms with E-state index in [2.05, 4.69) is 15.3 Å². The Hall–Kier alpha value is -2.53. The maximum absolute atomic E-state index is 12.4. The molecule has 1 aliphatic rings. The second-order valence-electron chi connectivity index (χ2n) is 4.80. The number of rotatable bonds is 3. The van der Waals surface area contributed by atoms with Gasteiger partial charge in [0.05, 0.1) is 16.4 Å². The van der Waals surface area contributed by atoms with Crippen molar-refractivity contribution in [3.8, 4) is 0 Å². The van der Waals surface area contributed by atoms with Crippen molar-refractivity contribution in [1.82, 2.24) is 0 Å². The lowest BCUT2D eigenvalue weighted by Gasteiger charge is -2.11. The number of benzene rings is 2. The molecular formula is C16H13ClN4O. The van der Waals surface area contributed by atoms with Gasteiger partial charge in [0.25, 0.3) is 5.91 Å². The van der Waals surface area contributed by atoms with E-state index >= 15 is 0 Å². The van der Waals surface area contributed by atoms with E-state index in [1.54, 1.807) is 19.1 Å². The van der Waals surface area contributed by atoms with Gasteiger partial charge in [-0.3, -0.25) is 4.79 Å². The molecule has 0 saturated carbocycles. The molecule has 0 aliphatic carbocycles. The van der Waals surface area contributed by atoms with Crippen LogP contribution in [0.1, 0.15) is 6.92 Å². The van der Waals surface area contributed by atoms with Gasteiger partial charge in [0.15, 0.2) is 6.04 Å². The average Bonchev–Trinajstić information content (AvgIpc) is 2.82. The van der Waals surface area contributed by atoms with Crippen molar-refractivity contribution in [2.24, 2.45) is 15.3 Å². The standard InChI is InChI=1S/C16H13ClN4O/c1-11-15(19-18-14-10-6-5-9-13(14)17)16(22)21(20-11)12-7-3-2-4-8-12/h2-10,15H,1H3/b19-18+. The third-order valence-electron chi connectivity index (χ3n) is 3.23. The Morgan fingerprint density at radius 2 is 1.77 bits per heavy atom. The lowest BCUT2D eigenvalue weighted by molar-refractivity contribution is -0.117. The van der Waals surface area contributed by atoms with E-state index in [0.717, 1.165) is 0 Å². The summed E-state index contributed by atoms with van der Waals surface area (Å²) in [5.41, 5.74) is 1.84. The van der Waals surface area contributed by atoms with Crippen LogP contribution >= 0.6 is 11.6 Å². The van der Waals surface area contributed by atoms with E-state index in [4.69, 9.17) is 11.6 Å². The Morgan fingerprint density at radius 1 is 1.09 bits per heavy atom. The second-order valence-corrected chi connectivity index (χ2v) is 5.20. The van der Waals surface area contributed by atoms with Crippen LogP contribution in [0.4, 0.5) is 11.4 Å². The van der Waals surface area contributed by atoms with E-state index in [1.165, 1.54) is 5.01 Å². The second kappa shape index (κ2) is 6.07. The molecule has 1 heterocycles. The molecule has 1 amide bonds. The third-order valence-corrected chi connectivity index (χ3v) is 3.55. The number of amides is 1. The topological polar surface area (TPSA) is 57.4 Å². The average molecular weight is 313 g/mol. The predicted molar refractivity (Wildman–Crippen MR) is 86.8 cm³/mol. The van der Waals surface area contributed by atoms with Crippen LogP contribution in [0.3, 0.4) is 0 Å². The van der Waals surface area contributed by atoms with Crippen molar-refractivity contribution in [3.63, 3.8) is 0 Å². The van der Waals surface area contributed by atoms with Gasteiger partial charge in [-0.25, -0.2) is 0 Å². The van der Waals surface area contributed by atoms with Gasteiger partial charge in [0, 0.05) is 0 Å². The number of carbonyl (C=O) groups excluding carboxylic acids is 1. The quantitative estimate of drug-likeness (QED) is 0.783. The number of nitrogens with zero attached hydrogens (tertiary/aromatic N) is 4. The van der Waals surface area contributed by atoms with Gasteiger partial charge in [-0.2, -0.15) is 20.3 Å². The molecule has 2 aromatic rings. The maximum Gasteiger partial charge on any atom is 0.280 e. The van der Waals surface area contributed by atoms with Crippen LogP contribution in [0.5, 0.6) is 0 Å². The van der Waals surface area contributed by atoms with Crippen LogP contribution in [0, 0.1) is 0 Å². The first-order valence-corrected chi connectivity index (χ1v) is 7.14. The molecule has 0 bridgehead atoms. The fraction of sp³-hybridized carbons (Fsp3) is 0.125. The molecular weight excluding hydrogens is 300 g/mol. The molecule has 0 saturated heterocycles. The van der Waals surface area contributed by atoms with Gasteiger partial charge < -0.3 is 0 Å². The minimum absolute atomic E-state index is 0.223. The SMILES string of the molecule is CC1=NN(c2ccccc2)C(=O)C1/N=N/c1ccccc1Cl. The molecule has 0 fully saturated rings. The van der Waals surface area contributed by atoms with Crippen LogP contribution in [0.2, 0.25) is 5.02 Å². The van der Waals surface area contributed by atoms with E-state index in [9.17, 15) is 4.79 Å². The molecule has 0 aromatic heterocycles. The summed E-state index contributed by atoms with van der Waals surface area (Å²) in [4.78, 5) is 12.4. The smallest absolute Gasteiger partial charge is 0.269 e. The van der Waals surface area contributed by atoms with Crippen LogP contribution < -0.4 is 5.01 Å². The number of halogens is 1. The summed E-state index contributed by atoms with van der Waals surface area (Å²) in [7, 11) is 0. The number of anilines is 1. The molecule has 22 heavy (non-hydrogen) atoms. The van der Waals surface area contributed by atoms with Gasteiger partial charge in [0.1, 0.15) is 5.69 Å². The van der Waals surface area contributed by atoms with Gasteiger partial charge in [-0.1, -0.05) is 41.9 Å². The highest BCUT2D eigenvalue weighted by atomic mass is 35.5. The fourth-order valence-electron chi connectivity index (χ4n) is 2.10. The van der Waals surface area contributed by atoms with Crippen LogP contribution in [0.25, 0.3) is 0 Å². The normalized spacial score (nSPS) is 18.1. The highest BCUT2D eigenvalue weighted by Gasteiger charge is 2.34. The molecule has 0 spiro atoms. The molecule has 1 aliphatic heterocycles. The first-order chi connectivity index (χ1) is 10.7. The van der Waals surface area contributed by atoms with Crippen molar-refractivity contribution in [2.45, 2.75) is 13.0 Å².